The van der Waals surface area contributed by atoms with E-state index in [2.05, 4.69) is 17.9 Å². The smallest absolute Gasteiger partial charge is 0.328 e. The number of carboxylic acids is 1. The molecular weight excluding hydrogens is 392 g/mol. The van der Waals surface area contributed by atoms with Crippen LogP contribution in [0.2, 0.25) is 0 Å². The Labute approximate surface area is 178 Å². The summed E-state index contributed by atoms with van der Waals surface area (Å²) in [7, 11) is 1.39. The summed E-state index contributed by atoms with van der Waals surface area (Å²) in [5, 5.41) is 11.6. The number of likely N-dealkylation sites (N-methyl/N-ethyl adjacent to an activating group) is 1. The van der Waals surface area contributed by atoms with Crippen LogP contribution in [0.15, 0.2) is 30.3 Å². The molecule has 0 radical (unpaired) electrons. The summed E-state index contributed by atoms with van der Waals surface area (Å²) in [6.07, 6.45) is 0. The molecule has 0 aliphatic rings. The van der Waals surface area contributed by atoms with Crippen LogP contribution in [0.5, 0.6) is 0 Å². The Morgan fingerprint density at radius 2 is 1.69 bits per heavy atom. The van der Waals surface area contributed by atoms with E-state index < -0.39 is 34.1 Å². The summed E-state index contributed by atoms with van der Waals surface area (Å²) < 4.78 is 5.52. The van der Waals surface area contributed by atoms with E-state index in [1.54, 1.807) is 0 Å². The van der Waals surface area contributed by atoms with Crippen LogP contribution in [0, 0.1) is 5.41 Å². The average Bonchev–Trinajstić information content (AvgIpc) is 2.62. The molecule has 0 unspecified atom stereocenters. The van der Waals surface area contributed by atoms with E-state index in [-0.39, 0.29) is 19.1 Å². The summed E-state index contributed by atoms with van der Waals surface area (Å²) in [6, 6.07) is 8.15. The van der Waals surface area contributed by atoms with Crippen molar-refractivity contribution < 1.29 is 24.2 Å². The molecule has 0 saturated heterocycles. The number of nitrogens with one attached hydrogen (secondary N) is 1. The molecule has 0 aliphatic heterocycles. The molecule has 8 heteroatoms. The lowest BCUT2D eigenvalue weighted by molar-refractivity contribution is -0.154. The summed E-state index contributed by atoms with van der Waals surface area (Å²) in [5.74, 6) is -2.10. The van der Waals surface area contributed by atoms with Gasteiger partial charge >= 0.3 is 5.97 Å². The van der Waals surface area contributed by atoms with Gasteiger partial charge in [-0.2, -0.15) is 12.6 Å². The zero-order valence-electron chi connectivity index (χ0n) is 17.9. The molecule has 7 nitrogen and oxygen atoms in total. The van der Waals surface area contributed by atoms with Crippen molar-refractivity contribution in [2.45, 2.75) is 58.1 Å². The number of hydrogen-bond donors (Lipinski definition) is 3. The summed E-state index contributed by atoms with van der Waals surface area (Å²) in [6.45, 7) is 8.75. The zero-order valence-corrected chi connectivity index (χ0v) is 18.8. The maximum Gasteiger partial charge on any atom is 0.328 e. The van der Waals surface area contributed by atoms with Gasteiger partial charge in [-0.15, -0.1) is 0 Å². The van der Waals surface area contributed by atoms with E-state index in [1.165, 1.54) is 20.9 Å². The van der Waals surface area contributed by atoms with Crippen LogP contribution in [-0.4, -0.2) is 58.3 Å². The quantitative estimate of drug-likeness (QED) is 0.529. The maximum absolute atomic E-state index is 12.9. The molecule has 2 N–H and O–H groups in total. The van der Waals surface area contributed by atoms with Crippen LogP contribution >= 0.6 is 12.6 Å². The molecule has 0 heterocycles. The second kappa shape index (κ2) is 10.1. The molecule has 2 amide bonds. The number of benzene rings is 1. The topological polar surface area (TPSA) is 95.9 Å². The van der Waals surface area contributed by atoms with Crippen molar-refractivity contribution in [1.82, 2.24) is 10.2 Å². The number of thiol groups is 1. The van der Waals surface area contributed by atoms with Gasteiger partial charge in [0.1, 0.15) is 5.54 Å². The summed E-state index contributed by atoms with van der Waals surface area (Å²) >= 11 is 4.34. The van der Waals surface area contributed by atoms with E-state index in [0.717, 1.165) is 10.5 Å². The number of carbonyl (C=O) groups excluding carboxylic acids is 2. The Kier molecular flexibility index (Phi) is 8.71. The molecule has 0 bridgehead atoms. The first-order valence-corrected chi connectivity index (χ1v) is 9.91. The second-order valence-electron chi connectivity index (χ2n) is 8.65. The molecule has 2 atom stereocenters. The first kappa shape index (κ1) is 25.0. The largest absolute Gasteiger partial charge is 0.480 e. The van der Waals surface area contributed by atoms with Crippen molar-refractivity contribution in [3.63, 3.8) is 0 Å². The molecule has 1 aromatic carbocycles. The molecular formula is C21H32N2O5S. The fraction of sp³-hybridized carbons (Fsp3) is 0.571. The van der Waals surface area contributed by atoms with Crippen molar-refractivity contribution in [3.8, 4) is 0 Å². The van der Waals surface area contributed by atoms with Crippen molar-refractivity contribution in [1.29, 1.82) is 0 Å². The molecule has 1 rings (SSSR count). The minimum atomic E-state index is -1.30. The van der Waals surface area contributed by atoms with Gasteiger partial charge in [0.05, 0.1) is 18.5 Å². The van der Waals surface area contributed by atoms with Crippen LogP contribution in [-0.2, 0) is 25.7 Å². The molecule has 0 saturated carbocycles. The SMILES string of the molecule is CN(C(=O)C(C)(C)NC(=O)[C@H](S)C(C)(C)C)[C@@H](COCc1ccccc1)C(=O)O. The fourth-order valence-corrected chi connectivity index (χ4v) is 2.68. The van der Waals surface area contributed by atoms with E-state index in [1.807, 2.05) is 51.1 Å². The van der Waals surface area contributed by atoms with Gasteiger partial charge in [0.25, 0.3) is 0 Å². The first-order chi connectivity index (χ1) is 13.3. The highest BCUT2D eigenvalue weighted by Gasteiger charge is 2.39. The predicted octanol–water partition coefficient (Wildman–Crippen LogP) is 2.35. The molecule has 0 fully saturated rings. The van der Waals surface area contributed by atoms with Crippen LogP contribution in [0.3, 0.4) is 0 Å². The Hall–Kier alpha value is -2.06. The van der Waals surface area contributed by atoms with E-state index in [9.17, 15) is 19.5 Å². The van der Waals surface area contributed by atoms with E-state index in [4.69, 9.17) is 4.74 Å². The number of ether oxygens (including phenoxy) is 1. The van der Waals surface area contributed by atoms with Gasteiger partial charge in [-0.1, -0.05) is 51.1 Å². The first-order valence-electron chi connectivity index (χ1n) is 9.39. The number of hydrogen-bond acceptors (Lipinski definition) is 5. The minimum absolute atomic E-state index is 0.173. The van der Waals surface area contributed by atoms with Gasteiger partial charge in [-0.25, -0.2) is 4.79 Å². The third kappa shape index (κ3) is 7.36. The number of aliphatic carboxylic acids is 1. The molecule has 0 spiro atoms. The van der Waals surface area contributed by atoms with Crippen molar-refractivity contribution in [2.24, 2.45) is 5.41 Å². The van der Waals surface area contributed by atoms with Gasteiger partial charge in [-0.05, 0) is 24.8 Å². The zero-order chi connectivity index (χ0) is 22.4. The summed E-state index contributed by atoms with van der Waals surface area (Å²) in [5.41, 5.74) is -0.793. The van der Waals surface area contributed by atoms with Gasteiger partial charge in [-0.3, -0.25) is 9.59 Å². The predicted molar refractivity (Wildman–Crippen MR) is 115 cm³/mol. The highest BCUT2D eigenvalue weighted by molar-refractivity contribution is 7.81. The molecule has 29 heavy (non-hydrogen) atoms. The lowest BCUT2D eigenvalue weighted by Crippen LogP contribution is -2.60. The molecule has 162 valence electrons. The lowest BCUT2D eigenvalue weighted by atomic mass is 9.90. The normalized spacial score (nSPS) is 14.0. The van der Waals surface area contributed by atoms with Crippen molar-refractivity contribution in [3.05, 3.63) is 35.9 Å². The number of rotatable bonds is 9. The standard InChI is InChI=1S/C21H32N2O5S/c1-20(2,3)16(29)17(24)22-21(4,5)19(27)23(6)15(18(25)26)13-28-12-14-10-8-7-9-11-14/h7-11,15-16,29H,12-13H2,1-6H3,(H,22,24)(H,25,26)/t15-,16-/m0/s1. The minimum Gasteiger partial charge on any atom is -0.480 e. The Morgan fingerprint density at radius 3 is 2.17 bits per heavy atom. The van der Waals surface area contributed by atoms with Crippen LogP contribution < -0.4 is 5.32 Å². The Morgan fingerprint density at radius 1 is 1.14 bits per heavy atom. The van der Waals surface area contributed by atoms with Crippen LogP contribution in [0.4, 0.5) is 0 Å². The van der Waals surface area contributed by atoms with E-state index >= 15 is 0 Å². The summed E-state index contributed by atoms with van der Waals surface area (Å²) in [4.78, 5) is 38.2. The number of nitrogens with zero attached hydrogens (tertiary/aromatic N) is 1. The Balaban J connectivity index is 2.79. The van der Waals surface area contributed by atoms with Crippen LogP contribution in [0.1, 0.15) is 40.2 Å². The lowest BCUT2D eigenvalue weighted by Gasteiger charge is -2.35. The number of carboxylic acid groups (broad SMARTS) is 1. The maximum atomic E-state index is 12.9. The van der Waals surface area contributed by atoms with Gasteiger partial charge in [0.2, 0.25) is 11.8 Å². The van der Waals surface area contributed by atoms with Gasteiger partial charge < -0.3 is 20.1 Å². The molecule has 1 aromatic rings. The number of carbonyl (C=O) groups is 3. The van der Waals surface area contributed by atoms with E-state index in [0.29, 0.717) is 0 Å². The molecule has 0 aliphatic carbocycles. The monoisotopic (exact) mass is 424 g/mol. The number of amides is 2. The van der Waals surface area contributed by atoms with Crippen molar-refractivity contribution in [2.75, 3.05) is 13.7 Å². The fourth-order valence-electron chi connectivity index (χ4n) is 2.62. The van der Waals surface area contributed by atoms with Crippen molar-refractivity contribution >= 4 is 30.4 Å². The highest BCUT2D eigenvalue weighted by Crippen LogP contribution is 2.25. The molecule has 0 aromatic heterocycles. The van der Waals surface area contributed by atoms with Gasteiger partial charge in [0.15, 0.2) is 6.04 Å². The third-order valence-electron chi connectivity index (χ3n) is 4.50. The third-order valence-corrected chi connectivity index (χ3v) is 5.51. The second-order valence-corrected chi connectivity index (χ2v) is 9.17. The van der Waals surface area contributed by atoms with Crippen LogP contribution in [0.25, 0.3) is 0 Å². The average molecular weight is 425 g/mol. The highest BCUT2D eigenvalue weighted by atomic mass is 32.1. The Bertz CT molecular complexity index is 716. The van der Waals surface area contributed by atoms with Gasteiger partial charge in [0, 0.05) is 7.05 Å².